The molecule has 1 aromatic rings. The Balaban J connectivity index is 3.46. The summed E-state index contributed by atoms with van der Waals surface area (Å²) in [7, 11) is -1.08. The molecule has 18 heavy (non-hydrogen) atoms. The third kappa shape index (κ3) is 3.35. The van der Waals surface area contributed by atoms with Crippen LogP contribution in [0.5, 0.6) is 5.75 Å². The Bertz CT molecular complexity index is 654. The summed E-state index contributed by atoms with van der Waals surface area (Å²) in [5.41, 5.74) is 5.63. The quantitative estimate of drug-likeness (QED) is 0.817. The number of rotatable bonds is 4. The third-order valence-corrected chi connectivity index (χ3v) is 4.78. The molecular weight excluding hydrogens is 302 g/mol. The Kier molecular flexibility index (Phi) is 4.26. The highest BCUT2D eigenvalue weighted by Crippen LogP contribution is 2.30. The molecule has 6 nitrogen and oxygen atoms in total. The van der Waals surface area contributed by atoms with Gasteiger partial charge in [-0.2, -0.15) is 0 Å². The number of hydrogen-bond acceptors (Lipinski definition) is 6. The molecule has 0 saturated carbocycles. The number of hydrogen-bond donors (Lipinski definition) is 1. The minimum absolute atomic E-state index is 0.0226. The van der Waals surface area contributed by atoms with Crippen LogP contribution in [0.15, 0.2) is 23.1 Å². The largest absolute Gasteiger partial charge is 0.495 e. The van der Waals surface area contributed by atoms with Gasteiger partial charge in [0.2, 0.25) is 0 Å². The van der Waals surface area contributed by atoms with Crippen molar-refractivity contribution in [3.63, 3.8) is 0 Å². The smallest absolute Gasteiger partial charge is 0.264 e. The molecule has 0 saturated heterocycles. The molecule has 0 bridgehead atoms. The summed E-state index contributed by atoms with van der Waals surface area (Å²) >= 11 is 0. The molecule has 0 aromatic heterocycles. The van der Waals surface area contributed by atoms with Gasteiger partial charge in [-0.25, -0.2) is 16.8 Å². The summed E-state index contributed by atoms with van der Waals surface area (Å²) < 4.78 is 50.1. The van der Waals surface area contributed by atoms with Crippen molar-refractivity contribution >= 4 is 29.6 Å². The lowest BCUT2D eigenvalue weighted by Gasteiger charge is -2.12. The second-order valence-electron chi connectivity index (χ2n) is 3.60. The van der Waals surface area contributed by atoms with Gasteiger partial charge in [-0.15, -0.1) is 0 Å². The molecule has 9 heteroatoms. The van der Waals surface area contributed by atoms with E-state index in [1.54, 1.807) is 0 Å². The van der Waals surface area contributed by atoms with Crippen LogP contribution in [0.4, 0.5) is 0 Å². The van der Waals surface area contributed by atoms with Crippen LogP contribution in [0.3, 0.4) is 0 Å². The zero-order chi connectivity index (χ0) is 14.1. The average molecular weight is 314 g/mol. The number of nitrogens with two attached hydrogens (primary N) is 1. The first kappa shape index (κ1) is 15.2. The Labute approximate surface area is 110 Å². The molecule has 1 aromatic carbocycles. The molecule has 0 fully saturated rings. The Morgan fingerprint density at radius 1 is 1.28 bits per heavy atom. The normalized spacial score (nSPS) is 14.2. The van der Waals surface area contributed by atoms with Crippen LogP contribution in [0.1, 0.15) is 10.9 Å². The lowest BCUT2D eigenvalue weighted by Crippen LogP contribution is -2.20. The van der Waals surface area contributed by atoms with E-state index in [-0.39, 0.29) is 16.2 Å². The molecule has 0 spiro atoms. The predicted molar refractivity (Wildman–Crippen MR) is 67.8 cm³/mol. The molecule has 2 N–H and O–H groups in total. The van der Waals surface area contributed by atoms with Crippen LogP contribution in [0.2, 0.25) is 0 Å². The predicted octanol–water partition coefficient (Wildman–Crippen LogP) is 0.625. The lowest BCUT2D eigenvalue weighted by molar-refractivity contribution is 0.403. The molecule has 0 aliphatic heterocycles. The van der Waals surface area contributed by atoms with Crippen molar-refractivity contribution in [2.24, 2.45) is 5.73 Å². The van der Waals surface area contributed by atoms with Gasteiger partial charge in [0.25, 0.3) is 9.05 Å². The van der Waals surface area contributed by atoms with Gasteiger partial charge in [-0.3, -0.25) is 0 Å². The topological polar surface area (TPSA) is 104 Å². The maximum atomic E-state index is 11.3. The van der Waals surface area contributed by atoms with Crippen molar-refractivity contribution < 1.29 is 21.6 Å². The van der Waals surface area contributed by atoms with Crippen LogP contribution < -0.4 is 10.5 Å². The maximum absolute atomic E-state index is 11.3. The SMILES string of the molecule is COc1ccc(C(N)S(C)(=O)=O)cc1S(=O)(=O)Cl. The van der Waals surface area contributed by atoms with E-state index in [1.807, 2.05) is 0 Å². The van der Waals surface area contributed by atoms with Crippen LogP contribution >= 0.6 is 10.7 Å². The molecule has 0 aliphatic rings. The van der Waals surface area contributed by atoms with Crippen LogP contribution in [-0.2, 0) is 18.9 Å². The summed E-state index contributed by atoms with van der Waals surface area (Å²) in [5, 5.41) is -1.32. The van der Waals surface area contributed by atoms with Gasteiger partial charge in [-0.05, 0) is 17.7 Å². The van der Waals surface area contributed by atoms with Gasteiger partial charge in [0, 0.05) is 16.9 Å². The highest BCUT2D eigenvalue weighted by atomic mass is 35.7. The highest BCUT2D eigenvalue weighted by molar-refractivity contribution is 8.13. The molecule has 1 unspecified atom stereocenters. The first-order valence-electron chi connectivity index (χ1n) is 4.64. The second kappa shape index (κ2) is 5.04. The van der Waals surface area contributed by atoms with Crippen molar-refractivity contribution in [2.45, 2.75) is 10.3 Å². The molecular formula is C9H12ClNO5S2. The van der Waals surface area contributed by atoms with Crippen molar-refractivity contribution in [3.8, 4) is 5.75 Å². The third-order valence-electron chi connectivity index (χ3n) is 2.24. The lowest BCUT2D eigenvalue weighted by atomic mass is 10.2. The molecule has 1 rings (SSSR count). The summed E-state index contributed by atoms with van der Waals surface area (Å²) in [6.07, 6.45) is 0.955. The van der Waals surface area contributed by atoms with Gasteiger partial charge in [0.15, 0.2) is 9.84 Å². The van der Waals surface area contributed by atoms with E-state index in [9.17, 15) is 16.8 Å². The standard InChI is InChI=1S/C9H12ClNO5S2/c1-16-7-4-3-6(9(11)17(2,12)13)5-8(7)18(10,14)15/h3-5,9H,11H2,1-2H3. The van der Waals surface area contributed by atoms with Crippen LogP contribution in [-0.4, -0.2) is 30.2 Å². The molecule has 0 heterocycles. The zero-order valence-electron chi connectivity index (χ0n) is 9.62. The van der Waals surface area contributed by atoms with E-state index in [0.29, 0.717) is 0 Å². The fourth-order valence-corrected chi connectivity index (χ4v) is 2.98. The molecule has 1 atom stereocenters. The van der Waals surface area contributed by atoms with Crippen molar-refractivity contribution in [1.29, 1.82) is 0 Å². The van der Waals surface area contributed by atoms with Crippen molar-refractivity contribution in [1.82, 2.24) is 0 Å². The number of ether oxygens (including phenoxy) is 1. The average Bonchev–Trinajstić information content (AvgIpc) is 2.24. The van der Waals surface area contributed by atoms with E-state index in [2.05, 4.69) is 0 Å². The van der Waals surface area contributed by atoms with Gasteiger partial charge >= 0.3 is 0 Å². The minimum Gasteiger partial charge on any atom is -0.495 e. The molecule has 0 radical (unpaired) electrons. The van der Waals surface area contributed by atoms with Crippen LogP contribution in [0.25, 0.3) is 0 Å². The van der Waals surface area contributed by atoms with E-state index in [0.717, 1.165) is 12.3 Å². The monoisotopic (exact) mass is 313 g/mol. The Hall–Kier alpha value is -0.830. The Morgan fingerprint density at radius 3 is 2.22 bits per heavy atom. The number of halogens is 1. The molecule has 0 amide bonds. The van der Waals surface area contributed by atoms with Gasteiger partial charge in [0.1, 0.15) is 16.0 Å². The van der Waals surface area contributed by atoms with Gasteiger partial charge in [0.05, 0.1) is 7.11 Å². The summed E-state index contributed by atoms with van der Waals surface area (Å²) in [6.45, 7) is 0. The number of benzene rings is 1. The number of sulfone groups is 1. The minimum atomic E-state index is -4.05. The van der Waals surface area contributed by atoms with E-state index in [4.69, 9.17) is 21.2 Å². The van der Waals surface area contributed by atoms with E-state index in [1.165, 1.54) is 19.2 Å². The molecule has 0 aliphatic carbocycles. The van der Waals surface area contributed by atoms with Crippen molar-refractivity contribution in [2.75, 3.05) is 13.4 Å². The highest BCUT2D eigenvalue weighted by Gasteiger charge is 2.23. The summed E-state index contributed by atoms with van der Waals surface area (Å²) in [6, 6.07) is 3.76. The maximum Gasteiger partial charge on any atom is 0.264 e. The first-order valence-corrected chi connectivity index (χ1v) is 8.91. The van der Waals surface area contributed by atoms with Crippen molar-refractivity contribution in [3.05, 3.63) is 23.8 Å². The van der Waals surface area contributed by atoms with Gasteiger partial charge < -0.3 is 10.5 Å². The fourth-order valence-electron chi connectivity index (χ4n) is 1.31. The van der Waals surface area contributed by atoms with Gasteiger partial charge in [-0.1, -0.05) is 6.07 Å². The Morgan fingerprint density at radius 2 is 1.83 bits per heavy atom. The fraction of sp³-hybridized carbons (Fsp3) is 0.333. The van der Waals surface area contributed by atoms with E-state index < -0.39 is 24.3 Å². The summed E-state index contributed by atoms with van der Waals surface area (Å²) in [4.78, 5) is -0.316. The summed E-state index contributed by atoms with van der Waals surface area (Å²) in [5.74, 6) is 0.0226. The first-order chi connectivity index (χ1) is 8.07. The number of methoxy groups -OCH3 is 1. The van der Waals surface area contributed by atoms with Crippen LogP contribution in [0, 0.1) is 0 Å². The van der Waals surface area contributed by atoms with E-state index >= 15 is 0 Å². The molecule has 102 valence electrons. The second-order valence-corrected chi connectivity index (χ2v) is 8.30. The zero-order valence-corrected chi connectivity index (χ0v) is 12.0.